The van der Waals surface area contributed by atoms with Crippen LogP contribution >= 0.6 is 0 Å². The minimum absolute atomic E-state index is 0.0812. The van der Waals surface area contributed by atoms with E-state index in [0.29, 0.717) is 12.1 Å². The van der Waals surface area contributed by atoms with Gasteiger partial charge in [-0.1, -0.05) is 24.3 Å². The molecule has 6 nitrogen and oxygen atoms in total. The lowest BCUT2D eigenvalue weighted by Crippen LogP contribution is -2.21. The number of nitrogens with one attached hydrogen (secondary N) is 2. The average Bonchev–Trinajstić information content (AvgIpc) is 3.46. The summed E-state index contributed by atoms with van der Waals surface area (Å²) < 4.78 is 0. The molecule has 2 aliphatic heterocycles. The molecule has 2 fully saturated rings. The van der Waals surface area contributed by atoms with Crippen LogP contribution in [0.5, 0.6) is 0 Å². The van der Waals surface area contributed by atoms with Gasteiger partial charge >= 0.3 is 12.1 Å². The van der Waals surface area contributed by atoms with Gasteiger partial charge in [0.2, 0.25) is 0 Å². The van der Waals surface area contributed by atoms with Crippen LogP contribution in [0, 0.1) is 0 Å². The van der Waals surface area contributed by atoms with E-state index in [9.17, 15) is 9.59 Å². The summed E-state index contributed by atoms with van der Waals surface area (Å²) in [6, 6.07) is 11.9. The van der Waals surface area contributed by atoms with Crippen molar-refractivity contribution in [2.75, 3.05) is 23.7 Å². The number of fused-ring (bicyclic) bond motifs is 1. The Kier molecular flexibility index (Phi) is 3.33. The standard InChI is InChI=1S/C18H20N4O2/c1-11-9-21(11)17(23)19-15-7-3-6-14-13(15)5-4-8-16(14)20-18(24)22-10-12(22)2/h3-8,11-12H,9-10H2,1-2H3,(H,19,23)(H,20,24). The number of anilines is 2. The molecule has 2 aromatic carbocycles. The van der Waals surface area contributed by atoms with Gasteiger partial charge in [-0.2, -0.15) is 0 Å². The molecule has 124 valence electrons. The third-order valence-corrected chi connectivity index (χ3v) is 4.65. The number of amides is 4. The number of hydrogen-bond acceptors (Lipinski definition) is 2. The van der Waals surface area contributed by atoms with Crippen LogP contribution in [0.3, 0.4) is 0 Å². The summed E-state index contributed by atoms with van der Waals surface area (Å²) in [6.07, 6.45) is 0. The van der Waals surface area contributed by atoms with Gasteiger partial charge < -0.3 is 20.4 Å². The molecule has 24 heavy (non-hydrogen) atoms. The maximum Gasteiger partial charge on any atom is 0.322 e. The first-order chi connectivity index (χ1) is 11.5. The topological polar surface area (TPSA) is 64.2 Å². The molecule has 0 radical (unpaired) electrons. The monoisotopic (exact) mass is 324 g/mol. The van der Waals surface area contributed by atoms with E-state index in [1.54, 1.807) is 9.80 Å². The maximum absolute atomic E-state index is 12.2. The van der Waals surface area contributed by atoms with E-state index >= 15 is 0 Å². The number of carbonyl (C=O) groups excluding carboxylic acids is 2. The molecule has 0 saturated carbocycles. The molecule has 4 rings (SSSR count). The third-order valence-electron chi connectivity index (χ3n) is 4.65. The third kappa shape index (κ3) is 2.64. The molecule has 2 aromatic rings. The van der Waals surface area contributed by atoms with Gasteiger partial charge in [-0.05, 0) is 26.0 Å². The first-order valence-corrected chi connectivity index (χ1v) is 8.21. The minimum Gasteiger partial charge on any atom is -0.318 e. The predicted molar refractivity (Wildman–Crippen MR) is 94.3 cm³/mol. The highest BCUT2D eigenvalue weighted by Gasteiger charge is 2.35. The Morgan fingerprint density at radius 3 is 1.54 bits per heavy atom. The lowest BCUT2D eigenvalue weighted by molar-refractivity contribution is 0.239. The molecule has 2 aliphatic rings. The van der Waals surface area contributed by atoms with Gasteiger partial charge in [0.1, 0.15) is 0 Å². The highest BCUT2D eigenvalue weighted by molar-refractivity contribution is 6.09. The smallest absolute Gasteiger partial charge is 0.318 e. The van der Waals surface area contributed by atoms with E-state index in [4.69, 9.17) is 0 Å². The van der Waals surface area contributed by atoms with Crippen LogP contribution in [0.25, 0.3) is 10.8 Å². The van der Waals surface area contributed by atoms with Gasteiger partial charge in [0.15, 0.2) is 0 Å². The molecular formula is C18H20N4O2. The molecule has 6 heteroatoms. The second-order valence-corrected chi connectivity index (χ2v) is 6.57. The van der Waals surface area contributed by atoms with Gasteiger partial charge in [-0.3, -0.25) is 0 Å². The van der Waals surface area contributed by atoms with E-state index in [0.717, 1.165) is 35.2 Å². The van der Waals surface area contributed by atoms with Crippen molar-refractivity contribution in [3.05, 3.63) is 36.4 Å². The lowest BCUT2D eigenvalue weighted by atomic mass is 10.1. The van der Waals surface area contributed by atoms with Crippen LogP contribution in [0.4, 0.5) is 21.0 Å². The van der Waals surface area contributed by atoms with Crippen molar-refractivity contribution in [1.82, 2.24) is 9.80 Å². The van der Waals surface area contributed by atoms with E-state index in [2.05, 4.69) is 10.6 Å². The van der Waals surface area contributed by atoms with Gasteiger partial charge in [0, 0.05) is 35.9 Å². The van der Waals surface area contributed by atoms with Crippen LogP contribution in [-0.4, -0.2) is 47.0 Å². The fraction of sp³-hybridized carbons (Fsp3) is 0.333. The van der Waals surface area contributed by atoms with E-state index in [1.165, 1.54) is 0 Å². The Hall–Kier alpha value is -2.76. The molecule has 2 atom stereocenters. The van der Waals surface area contributed by atoms with Crippen LogP contribution in [-0.2, 0) is 0 Å². The van der Waals surface area contributed by atoms with Crippen molar-refractivity contribution < 1.29 is 9.59 Å². The predicted octanol–water partition coefficient (Wildman–Crippen LogP) is 3.31. The summed E-state index contributed by atoms with van der Waals surface area (Å²) in [7, 11) is 0. The Labute approximate surface area is 140 Å². The van der Waals surface area contributed by atoms with Crippen LogP contribution in [0.15, 0.2) is 36.4 Å². The van der Waals surface area contributed by atoms with Crippen LogP contribution in [0.2, 0.25) is 0 Å². The maximum atomic E-state index is 12.2. The van der Waals surface area contributed by atoms with Gasteiger partial charge in [-0.15, -0.1) is 0 Å². The zero-order chi connectivity index (χ0) is 16.8. The van der Waals surface area contributed by atoms with Gasteiger partial charge in [-0.25, -0.2) is 9.59 Å². The SMILES string of the molecule is CC1CN1C(=O)Nc1cccc2c(NC(=O)N3CC3C)cccc12. The number of nitrogens with zero attached hydrogens (tertiary/aromatic N) is 2. The van der Waals surface area contributed by atoms with Gasteiger partial charge in [0.25, 0.3) is 0 Å². The van der Waals surface area contributed by atoms with Crippen LogP contribution in [0.1, 0.15) is 13.8 Å². The first kappa shape index (κ1) is 14.8. The van der Waals surface area contributed by atoms with E-state index in [-0.39, 0.29) is 12.1 Å². The Morgan fingerprint density at radius 1 is 0.833 bits per heavy atom. The quantitative estimate of drug-likeness (QED) is 0.832. The average molecular weight is 324 g/mol. The fourth-order valence-corrected chi connectivity index (χ4v) is 2.94. The molecule has 2 saturated heterocycles. The van der Waals surface area contributed by atoms with E-state index in [1.807, 2.05) is 50.2 Å². The largest absolute Gasteiger partial charge is 0.322 e. The van der Waals surface area contributed by atoms with Crippen molar-refractivity contribution in [3.63, 3.8) is 0 Å². The highest BCUT2D eigenvalue weighted by Crippen LogP contribution is 2.31. The summed E-state index contributed by atoms with van der Waals surface area (Å²) in [4.78, 5) is 27.9. The molecule has 2 N–H and O–H groups in total. The number of hydrogen-bond donors (Lipinski definition) is 2. The molecule has 2 heterocycles. The van der Waals surface area contributed by atoms with Crippen LogP contribution < -0.4 is 10.6 Å². The molecule has 0 bridgehead atoms. The molecule has 2 unspecified atom stereocenters. The summed E-state index contributed by atoms with van der Waals surface area (Å²) in [5.41, 5.74) is 1.51. The van der Waals surface area contributed by atoms with Crippen molar-refractivity contribution in [2.24, 2.45) is 0 Å². The van der Waals surface area contributed by atoms with Crippen molar-refractivity contribution in [1.29, 1.82) is 0 Å². The molecule has 4 amide bonds. The second-order valence-electron chi connectivity index (χ2n) is 6.57. The first-order valence-electron chi connectivity index (χ1n) is 8.21. The number of urea groups is 2. The molecule has 0 spiro atoms. The summed E-state index contributed by atoms with van der Waals surface area (Å²) in [6.45, 7) is 5.63. The zero-order valence-corrected chi connectivity index (χ0v) is 13.7. The van der Waals surface area contributed by atoms with Crippen molar-refractivity contribution >= 4 is 34.2 Å². The lowest BCUT2D eigenvalue weighted by Gasteiger charge is -2.13. The normalized spacial score (nSPS) is 21.6. The highest BCUT2D eigenvalue weighted by atomic mass is 16.2. The minimum atomic E-state index is -0.0812. The van der Waals surface area contributed by atoms with E-state index < -0.39 is 0 Å². The summed E-state index contributed by atoms with van der Waals surface area (Å²) in [5.74, 6) is 0. The molecule has 0 aromatic heterocycles. The van der Waals surface area contributed by atoms with Gasteiger partial charge in [0.05, 0.1) is 11.4 Å². The number of benzene rings is 2. The van der Waals surface area contributed by atoms with Crippen molar-refractivity contribution in [2.45, 2.75) is 25.9 Å². The Bertz CT molecular complexity index is 766. The molecular weight excluding hydrogens is 304 g/mol. The Balaban J connectivity index is 1.61. The van der Waals surface area contributed by atoms with Crippen molar-refractivity contribution in [3.8, 4) is 0 Å². The zero-order valence-electron chi connectivity index (χ0n) is 13.7. The summed E-state index contributed by atoms with van der Waals surface area (Å²) in [5, 5.41) is 7.76. The summed E-state index contributed by atoms with van der Waals surface area (Å²) >= 11 is 0. The Morgan fingerprint density at radius 2 is 1.21 bits per heavy atom. The fourth-order valence-electron chi connectivity index (χ4n) is 2.94. The number of carbonyl (C=O) groups is 2. The number of rotatable bonds is 2. The molecule has 0 aliphatic carbocycles. The second kappa shape index (κ2) is 5.40.